The van der Waals surface area contributed by atoms with Gasteiger partial charge in [-0.1, -0.05) is 30.3 Å². The summed E-state index contributed by atoms with van der Waals surface area (Å²) < 4.78 is 0. The van der Waals surface area contributed by atoms with Crippen molar-refractivity contribution in [2.45, 2.75) is 6.10 Å². The Morgan fingerprint density at radius 1 is 1.25 bits per heavy atom. The van der Waals surface area contributed by atoms with Gasteiger partial charge in [0.1, 0.15) is 0 Å². The zero-order valence-electron chi connectivity index (χ0n) is 6.47. The molecule has 2 radical (unpaired) electrons. The predicted molar refractivity (Wildman–Crippen MR) is 44.8 cm³/mol. The summed E-state index contributed by atoms with van der Waals surface area (Å²) in [5, 5.41) is 17.4. The number of benzene rings is 1. The van der Waals surface area contributed by atoms with E-state index in [0.717, 1.165) is 0 Å². The van der Waals surface area contributed by atoms with Crippen LogP contribution in [0.4, 0.5) is 0 Å². The van der Waals surface area contributed by atoms with Crippen molar-refractivity contribution in [3.05, 3.63) is 35.9 Å². The van der Waals surface area contributed by atoms with Gasteiger partial charge in [0.15, 0.2) is 6.10 Å². The summed E-state index contributed by atoms with van der Waals surface area (Å²) in [6.45, 7) is 0. The van der Waals surface area contributed by atoms with Gasteiger partial charge >= 0.3 is 5.97 Å². The van der Waals surface area contributed by atoms with Gasteiger partial charge in [-0.3, -0.25) is 0 Å². The number of hydrogen-bond acceptors (Lipinski definition) is 2. The molecule has 0 aliphatic rings. The molecule has 0 fully saturated rings. The van der Waals surface area contributed by atoms with E-state index in [0.29, 0.717) is 5.56 Å². The second kappa shape index (κ2) is 5.54. The second-order valence-electron chi connectivity index (χ2n) is 2.15. The molecule has 0 saturated carbocycles. The summed E-state index contributed by atoms with van der Waals surface area (Å²) in [5.41, 5.74) is 0.403. The fraction of sp³-hybridized carbons (Fsp3) is 0.125. The molecule has 1 rings (SSSR count). The molecule has 0 saturated heterocycles. The molecule has 1 unspecified atom stereocenters. The molecule has 0 amide bonds. The van der Waals surface area contributed by atoms with Crippen molar-refractivity contribution in [1.82, 2.24) is 0 Å². The number of aliphatic carboxylic acids is 1. The topological polar surface area (TPSA) is 57.5 Å². The van der Waals surface area contributed by atoms with Crippen molar-refractivity contribution in [1.29, 1.82) is 0 Å². The quantitative estimate of drug-likeness (QED) is 0.668. The van der Waals surface area contributed by atoms with Crippen LogP contribution in [0.3, 0.4) is 0 Å². The van der Waals surface area contributed by atoms with Gasteiger partial charge in [0.25, 0.3) is 0 Å². The van der Waals surface area contributed by atoms with Gasteiger partial charge in [-0.2, -0.15) is 0 Å². The van der Waals surface area contributed by atoms with Crippen LogP contribution in [0.5, 0.6) is 0 Å². The first-order valence-corrected chi connectivity index (χ1v) is 3.17. The Kier molecular flexibility index (Phi) is 5.50. The first kappa shape index (κ1) is 11.9. The Balaban J connectivity index is 0.00000121. The third kappa shape index (κ3) is 3.11. The molecule has 1 aromatic carbocycles. The molecule has 60 valence electrons. The van der Waals surface area contributed by atoms with E-state index in [1.807, 2.05) is 0 Å². The van der Waals surface area contributed by atoms with Crippen molar-refractivity contribution in [3.8, 4) is 0 Å². The maximum absolute atomic E-state index is 10.2. The third-order valence-electron chi connectivity index (χ3n) is 1.35. The van der Waals surface area contributed by atoms with Gasteiger partial charge in [0, 0.05) is 37.7 Å². The maximum Gasteiger partial charge on any atom is 0.337 e. The zero-order chi connectivity index (χ0) is 8.27. The molecular weight excluding hydrogens is 184 g/mol. The van der Waals surface area contributed by atoms with E-state index in [1.165, 1.54) is 0 Å². The normalized spacial score (nSPS) is 11.4. The first-order chi connectivity index (χ1) is 5.22. The van der Waals surface area contributed by atoms with Crippen molar-refractivity contribution in [2.75, 3.05) is 0 Å². The van der Waals surface area contributed by atoms with E-state index < -0.39 is 12.1 Å². The second-order valence-corrected chi connectivity index (χ2v) is 2.15. The molecule has 0 heterocycles. The molecule has 1 atom stereocenters. The van der Waals surface area contributed by atoms with Gasteiger partial charge in [-0.15, -0.1) is 0 Å². The SMILES string of the molecule is O=C(O)C(O)c1ccccc1.[Ca]. The Morgan fingerprint density at radius 2 is 1.75 bits per heavy atom. The van der Waals surface area contributed by atoms with Gasteiger partial charge in [-0.05, 0) is 5.56 Å². The summed E-state index contributed by atoms with van der Waals surface area (Å²) in [5.74, 6) is -1.23. The van der Waals surface area contributed by atoms with Crippen LogP contribution in [0.25, 0.3) is 0 Å². The zero-order valence-corrected chi connectivity index (χ0v) is 8.68. The minimum Gasteiger partial charge on any atom is -0.479 e. The van der Waals surface area contributed by atoms with Crippen molar-refractivity contribution >= 4 is 43.7 Å². The fourth-order valence-corrected chi connectivity index (χ4v) is 0.778. The van der Waals surface area contributed by atoms with Gasteiger partial charge in [-0.25, -0.2) is 4.79 Å². The van der Waals surface area contributed by atoms with Crippen LogP contribution < -0.4 is 0 Å². The van der Waals surface area contributed by atoms with Crippen LogP contribution >= 0.6 is 0 Å². The molecule has 0 aliphatic heterocycles. The third-order valence-corrected chi connectivity index (χ3v) is 1.35. The largest absolute Gasteiger partial charge is 0.479 e. The number of carbonyl (C=O) groups is 1. The summed E-state index contributed by atoms with van der Waals surface area (Å²) in [7, 11) is 0. The van der Waals surface area contributed by atoms with Gasteiger partial charge < -0.3 is 10.2 Å². The Hall–Kier alpha value is -0.0903. The summed E-state index contributed by atoms with van der Waals surface area (Å²) in [6.07, 6.45) is -1.41. The summed E-state index contributed by atoms with van der Waals surface area (Å²) >= 11 is 0. The average molecular weight is 192 g/mol. The summed E-state index contributed by atoms with van der Waals surface area (Å²) in [4.78, 5) is 10.2. The number of hydrogen-bond donors (Lipinski definition) is 2. The van der Waals surface area contributed by atoms with Gasteiger partial charge in [0.2, 0.25) is 0 Å². The van der Waals surface area contributed by atoms with E-state index in [4.69, 9.17) is 10.2 Å². The molecule has 0 aromatic heterocycles. The minimum absolute atomic E-state index is 0. The molecular formula is C8H8CaO3. The first-order valence-electron chi connectivity index (χ1n) is 3.17. The van der Waals surface area contributed by atoms with Gasteiger partial charge in [0.05, 0.1) is 0 Å². The molecule has 0 aliphatic carbocycles. The molecule has 12 heavy (non-hydrogen) atoms. The van der Waals surface area contributed by atoms with Crippen LogP contribution in [-0.2, 0) is 4.79 Å². The average Bonchev–Trinajstić information content (AvgIpc) is 2.05. The van der Waals surface area contributed by atoms with Crippen molar-refractivity contribution in [3.63, 3.8) is 0 Å². The van der Waals surface area contributed by atoms with Crippen LogP contribution in [0.2, 0.25) is 0 Å². The molecule has 4 heteroatoms. The van der Waals surface area contributed by atoms with E-state index in [1.54, 1.807) is 30.3 Å². The fourth-order valence-electron chi connectivity index (χ4n) is 0.778. The molecule has 0 bridgehead atoms. The Morgan fingerprint density at radius 3 is 2.17 bits per heavy atom. The van der Waals surface area contributed by atoms with E-state index >= 15 is 0 Å². The predicted octanol–water partition coefficient (Wildman–Crippen LogP) is 0.424. The van der Waals surface area contributed by atoms with Crippen LogP contribution in [0.15, 0.2) is 30.3 Å². The number of aliphatic hydroxyl groups excluding tert-OH is 1. The van der Waals surface area contributed by atoms with E-state index in [2.05, 4.69) is 0 Å². The maximum atomic E-state index is 10.2. The number of rotatable bonds is 2. The van der Waals surface area contributed by atoms with Crippen molar-refractivity contribution < 1.29 is 15.0 Å². The van der Waals surface area contributed by atoms with Crippen molar-refractivity contribution in [2.24, 2.45) is 0 Å². The molecule has 1 aromatic rings. The number of carboxylic acid groups (broad SMARTS) is 1. The standard InChI is InChI=1S/C8H8O3.Ca/c9-7(8(10)11)6-4-2-1-3-5-6;/h1-5,7,9H,(H,10,11);. The monoisotopic (exact) mass is 192 g/mol. The van der Waals surface area contributed by atoms with E-state index in [-0.39, 0.29) is 37.7 Å². The van der Waals surface area contributed by atoms with Crippen LogP contribution in [-0.4, -0.2) is 53.9 Å². The number of aliphatic hydroxyl groups is 1. The summed E-state index contributed by atoms with van der Waals surface area (Å²) in [6, 6.07) is 8.26. The molecule has 2 N–H and O–H groups in total. The molecule has 0 spiro atoms. The Labute approximate surface area is 100 Å². The van der Waals surface area contributed by atoms with E-state index in [9.17, 15) is 4.79 Å². The minimum atomic E-state index is -1.41. The van der Waals surface area contributed by atoms with Crippen LogP contribution in [0, 0.1) is 0 Å². The Bertz CT molecular complexity index is 248. The number of carboxylic acids is 1. The smallest absolute Gasteiger partial charge is 0.337 e. The molecule has 3 nitrogen and oxygen atoms in total. The van der Waals surface area contributed by atoms with Crippen LogP contribution in [0.1, 0.15) is 11.7 Å².